The van der Waals surface area contributed by atoms with Crippen molar-refractivity contribution in [3.05, 3.63) is 425 Å². The molecule has 0 radical (unpaired) electrons. The third-order valence-electron chi connectivity index (χ3n) is 21.4. The van der Waals surface area contributed by atoms with Crippen LogP contribution in [-0.4, -0.2) is 0 Å². The van der Waals surface area contributed by atoms with Gasteiger partial charge in [-0.2, -0.15) is 0 Å². The topological polar surface area (TPSA) is 0 Å². The third kappa shape index (κ3) is 12.0. The minimum atomic E-state index is 1.31. The summed E-state index contributed by atoms with van der Waals surface area (Å²) < 4.78 is 0. The van der Waals surface area contributed by atoms with Crippen LogP contribution in [0.1, 0.15) is 0 Å². The van der Waals surface area contributed by atoms with Gasteiger partial charge in [-0.3, -0.25) is 0 Å². The van der Waals surface area contributed by atoms with Gasteiger partial charge in [-0.25, -0.2) is 0 Å². The molecule has 0 heterocycles. The van der Waals surface area contributed by atoms with Crippen molar-refractivity contribution in [1.82, 2.24) is 0 Å². The van der Waals surface area contributed by atoms with Crippen LogP contribution >= 0.6 is 0 Å². The molecular weight excluding hydrogens is 1270 g/mol. The summed E-state index contributed by atoms with van der Waals surface area (Å²) in [5.74, 6) is 0. The van der Waals surface area contributed by atoms with E-state index in [4.69, 9.17) is 0 Å². The maximum absolute atomic E-state index is 2.24. The van der Waals surface area contributed by atoms with Crippen molar-refractivity contribution in [2.45, 2.75) is 0 Å². The van der Waals surface area contributed by atoms with Crippen molar-refractivity contribution >= 4 is 194 Å². The van der Waals surface area contributed by atoms with E-state index in [1.807, 2.05) is 0 Å². The number of benzene rings is 25. The van der Waals surface area contributed by atoms with E-state index in [9.17, 15) is 0 Å². The standard InChI is InChI=1S/4C16H10.3C14H10/c4*1-3-11-7-9-13-5-2-6-14-10-8-12(4-1)15(11)16(13)14;3*1-2-6-12-10-14-8-4-3-7-13(14)9-11(12)5-1/h4*1-10H;3*1-10H. The van der Waals surface area contributed by atoms with Crippen LogP contribution in [0.5, 0.6) is 0 Å². The Morgan fingerprint density at radius 2 is 0.142 bits per heavy atom. The highest BCUT2D eigenvalue weighted by atomic mass is 14.1. The second-order valence-electron chi connectivity index (χ2n) is 27.8. The smallest absolute Gasteiger partial charge is 0.00268 e. The monoisotopic (exact) mass is 1340 g/mol. The first kappa shape index (κ1) is 63.2. The van der Waals surface area contributed by atoms with Crippen LogP contribution in [0.15, 0.2) is 425 Å². The predicted octanol–water partition coefficient (Wildman–Crippen LogP) is 30.3. The largest absolute Gasteiger partial charge is 0.0616 e. The Morgan fingerprint density at radius 3 is 0.226 bits per heavy atom. The van der Waals surface area contributed by atoms with Crippen molar-refractivity contribution in [3.63, 3.8) is 0 Å². The van der Waals surface area contributed by atoms with Gasteiger partial charge in [0.1, 0.15) is 0 Å². The number of rotatable bonds is 0. The minimum Gasteiger partial charge on any atom is -0.0616 e. The fraction of sp³-hybridized carbons (Fsp3) is 0. The Kier molecular flexibility index (Phi) is 16.4. The van der Waals surface area contributed by atoms with Crippen LogP contribution < -0.4 is 0 Å². The highest BCUT2D eigenvalue weighted by molar-refractivity contribution is 6.26. The minimum absolute atomic E-state index is 1.31. The lowest BCUT2D eigenvalue weighted by Crippen LogP contribution is -1.82. The molecular formula is C106H70. The molecule has 0 aliphatic carbocycles. The summed E-state index contributed by atoms with van der Waals surface area (Å²) in [5, 5.41) is 48.3. The highest BCUT2D eigenvalue weighted by Gasteiger charge is 2.11. The molecule has 25 aromatic rings. The maximum Gasteiger partial charge on any atom is -0.00268 e. The number of fused-ring (bicyclic) bond motifs is 6. The molecule has 0 aliphatic heterocycles. The molecule has 0 atom stereocenters. The van der Waals surface area contributed by atoms with E-state index in [1.54, 1.807) is 0 Å². The van der Waals surface area contributed by atoms with Crippen molar-refractivity contribution in [2.75, 3.05) is 0 Å². The summed E-state index contributed by atoms with van der Waals surface area (Å²) in [6.45, 7) is 0. The Balaban J connectivity index is 0.0000000847. The summed E-state index contributed by atoms with van der Waals surface area (Å²) >= 11 is 0. The summed E-state index contributed by atoms with van der Waals surface area (Å²) in [6.07, 6.45) is 0. The van der Waals surface area contributed by atoms with E-state index in [0.29, 0.717) is 0 Å². The predicted molar refractivity (Wildman–Crippen MR) is 465 cm³/mol. The molecule has 0 unspecified atom stereocenters. The zero-order chi connectivity index (χ0) is 70.3. The molecule has 0 saturated heterocycles. The fourth-order valence-electron chi connectivity index (χ4n) is 16.3. The number of hydrogen-bond acceptors (Lipinski definition) is 0. The molecule has 0 nitrogen and oxygen atoms in total. The molecule has 0 fully saturated rings. The lowest BCUT2D eigenvalue weighted by atomic mass is 9.95. The van der Waals surface area contributed by atoms with Crippen LogP contribution in [0.2, 0.25) is 0 Å². The van der Waals surface area contributed by atoms with Gasteiger partial charge >= 0.3 is 0 Å². The molecule has 0 saturated carbocycles. The maximum atomic E-state index is 2.24. The van der Waals surface area contributed by atoms with Crippen molar-refractivity contribution in [2.24, 2.45) is 0 Å². The first-order valence-electron chi connectivity index (χ1n) is 36.7. The molecule has 0 bridgehead atoms. The van der Waals surface area contributed by atoms with Crippen LogP contribution in [0, 0.1) is 0 Å². The van der Waals surface area contributed by atoms with E-state index in [1.165, 1.54) is 194 Å². The summed E-state index contributed by atoms with van der Waals surface area (Å²) in [5.41, 5.74) is 0. The SMILES string of the molecule is c1cc2ccc3cccc4ccc(c1)c2c34.c1cc2ccc3cccc4ccc(c1)c2c34.c1cc2ccc3cccc4ccc(c1)c2c34.c1cc2ccc3cccc4ccc(c1)c2c34.c1ccc2cc3ccccc3cc2c1.c1ccc2cc3ccccc3cc2c1.c1ccc2cc3ccccc3cc2c1. The van der Waals surface area contributed by atoms with Crippen molar-refractivity contribution in [1.29, 1.82) is 0 Å². The first-order chi connectivity index (χ1) is 52.5. The lowest BCUT2D eigenvalue weighted by Gasteiger charge is -2.09. The van der Waals surface area contributed by atoms with Crippen LogP contribution in [0.3, 0.4) is 0 Å². The number of hydrogen-bond donors (Lipinski definition) is 0. The quantitative estimate of drug-likeness (QED) is 0.105. The normalized spacial score (nSPS) is 11.4. The van der Waals surface area contributed by atoms with Crippen molar-refractivity contribution in [3.8, 4) is 0 Å². The van der Waals surface area contributed by atoms with Gasteiger partial charge in [-0.05, 0) is 230 Å². The molecule has 0 heteroatoms. The highest BCUT2D eigenvalue weighted by Crippen LogP contribution is 2.39. The molecule has 25 aromatic carbocycles. The van der Waals surface area contributed by atoms with E-state index in [2.05, 4.69) is 425 Å². The molecule has 0 N–H and O–H groups in total. The van der Waals surface area contributed by atoms with E-state index < -0.39 is 0 Å². The molecule has 494 valence electrons. The van der Waals surface area contributed by atoms with Gasteiger partial charge in [0, 0.05) is 0 Å². The summed E-state index contributed by atoms with van der Waals surface area (Å²) in [4.78, 5) is 0. The zero-order valence-corrected chi connectivity index (χ0v) is 58.4. The average molecular weight is 1340 g/mol. The van der Waals surface area contributed by atoms with E-state index >= 15 is 0 Å². The van der Waals surface area contributed by atoms with Gasteiger partial charge in [0.2, 0.25) is 0 Å². The van der Waals surface area contributed by atoms with Gasteiger partial charge in [-0.1, -0.05) is 388 Å². The van der Waals surface area contributed by atoms with Crippen LogP contribution in [0.4, 0.5) is 0 Å². The molecule has 0 amide bonds. The summed E-state index contributed by atoms with van der Waals surface area (Å²) in [7, 11) is 0. The molecule has 0 aliphatic rings. The second kappa shape index (κ2) is 27.5. The van der Waals surface area contributed by atoms with E-state index in [0.717, 1.165) is 0 Å². The average Bonchev–Trinajstić information content (AvgIpc) is 0.763. The molecule has 0 aromatic heterocycles. The van der Waals surface area contributed by atoms with E-state index in [-0.39, 0.29) is 0 Å². The van der Waals surface area contributed by atoms with Gasteiger partial charge in [0.25, 0.3) is 0 Å². The Bertz CT molecular complexity index is 5810. The van der Waals surface area contributed by atoms with Crippen molar-refractivity contribution < 1.29 is 0 Å². The third-order valence-corrected chi connectivity index (χ3v) is 21.4. The molecule has 0 spiro atoms. The van der Waals surface area contributed by atoms with Gasteiger partial charge in [-0.15, -0.1) is 0 Å². The van der Waals surface area contributed by atoms with Gasteiger partial charge < -0.3 is 0 Å². The Morgan fingerprint density at radius 1 is 0.0660 bits per heavy atom. The zero-order valence-electron chi connectivity index (χ0n) is 58.4. The Hall–Kier alpha value is -13.8. The van der Waals surface area contributed by atoms with Gasteiger partial charge in [0.15, 0.2) is 0 Å². The summed E-state index contributed by atoms with van der Waals surface area (Å²) in [6, 6.07) is 152. The van der Waals surface area contributed by atoms with Gasteiger partial charge in [0.05, 0.1) is 0 Å². The van der Waals surface area contributed by atoms with Crippen LogP contribution in [-0.2, 0) is 0 Å². The lowest BCUT2D eigenvalue weighted by molar-refractivity contribution is 1.76. The Labute approximate surface area is 614 Å². The second-order valence-corrected chi connectivity index (χ2v) is 27.8. The fourth-order valence-corrected chi connectivity index (χ4v) is 16.3. The molecule has 106 heavy (non-hydrogen) atoms. The molecule has 25 rings (SSSR count). The first-order valence-corrected chi connectivity index (χ1v) is 36.7. The van der Waals surface area contributed by atoms with Crippen LogP contribution in [0.25, 0.3) is 194 Å².